The second kappa shape index (κ2) is 4.60. The average Bonchev–Trinajstić information content (AvgIpc) is 2.09. The van der Waals surface area contributed by atoms with Crippen LogP contribution in [0.25, 0.3) is 5.84 Å². The smallest absolute Gasteiger partial charge is 0.148 e. The Bertz CT molecular complexity index is 191. The standard InChI is InChI=1S/C9H19N3O/c1-7-4-2-3-5-8(7)9(6-10)12(11)13/h6-8,11-13H,2-5,10H2,1H3/b9-6+. The first-order valence-electron chi connectivity index (χ1n) is 4.86. The predicted octanol–water partition coefficient (Wildman–Crippen LogP) is 0.854. The molecular formula is C9H19N3O. The van der Waals surface area contributed by atoms with Gasteiger partial charge in [0.2, 0.25) is 0 Å². The van der Waals surface area contributed by atoms with E-state index in [1.165, 1.54) is 25.5 Å². The first-order chi connectivity index (χ1) is 6.16. The van der Waals surface area contributed by atoms with E-state index in [4.69, 9.17) is 16.8 Å². The lowest BCUT2D eigenvalue weighted by Gasteiger charge is -2.31. The molecule has 76 valence electrons. The first-order valence-corrected chi connectivity index (χ1v) is 4.86. The number of hydrogen-bond donors (Lipinski definition) is 3. The monoisotopic (exact) mass is 185 g/mol. The Labute approximate surface area is 79.1 Å². The number of quaternary nitrogens is 1. The lowest BCUT2D eigenvalue weighted by Crippen LogP contribution is -3.01. The van der Waals surface area contributed by atoms with E-state index >= 15 is 0 Å². The van der Waals surface area contributed by atoms with Crippen molar-refractivity contribution in [1.29, 1.82) is 0 Å². The van der Waals surface area contributed by atoms with Crippen LogP contribution in [0.3, 0.4) is 0 Å². The molecule has 4 nitrogen and oxygen atoms in total. The highest BCUT2D eigenvalue weighted by Crippen LogP contribution is 2.32. The van der Waals surface area contributed by atoms with Gasteiger partial charge in [-0.2, -0.15) is 0 Å². The van der Waals surface area contributed by atoms with Crippen LogP contribution < -0.4 is 10.9 Å². The van der Waals surface area contributed by atoms with E-state index in [-0.39, 0.29) is 11.1 Å². The normalized spacial score (nSPS) is 33.0. The minimum Gasteiger partial charge on any atom is -0.429 e. The molecule has 0 aromatic rings. The maximum atomic E-state index is 9.12. The molecule has 0 aromatic carbocycles. The van der Waals surface area contributed by atoms with Gasteiger partial charge in [0, 0.05) is 5.92 Å². The molecule has 3 unspecified atom stereocenters. The average molecular weight is 185 g/mol. The van der Waals surface area contributed by atoms with Crippen LogP contribution in [0.5, 0.6) is 0 Å². The minimum atomic E-state index is -0.360. The van der Waals surface area contributed by atoms with Crippen LogP contribution in [0.1, 0.15) is 32.6 Å². The van der Waals surface area contributed by atoms with E-state index in [0.717, 1.165) is 6.42 Å². The molecule has 0 amide bonds. The topological polar surface area (TPSA) is 74.5 Å². The summed E-state index contributed by atoms with van der Waals surface area (Å²) in [6.07, 6.45) is 6.05. The van der Waals surface area contributed by atoms with Crippen molar-refractivity contribution in [2.75, 3.05) is 0 Å². The van der Waals surface area contributed by atoms with Gasteiger partial charge in [-0.25, -0.2) is 10.4 Å². The van der Waals surface area contributed by atoms with E-state index in [1.54, 1.807) is 0 Å². The van der Waals surface area contributed by atoms with E-state index in [9.17, 15) is 0 Å². The summed E-state index contributed by atoms with van der Waals surface area (Å²) in [4.78, 5) is 0. The Hall–Kier alpha value is -0.580. The van der Waals surface area contributed by atoms with Crippen molar-refractivity contribution in [3.8, 4) is 0 Å². The van der Waals surface area contributed by atoms with Crippen molar-refractivity contribution in [3.63, 3.8) is 0 Å². The zero-order chi connectivity index (χ0) is 9.84. The summed E-state index contributed by atoms with van der Waals surface area (Å²) < 4.78 is 0. The fraction of sp³-hybridized carbons (Fsp3) is 0.778. The van der Waals surface area contributed by atoms with Crippen LogP contribution in [0, 0.1) is 11.8 Å². The van der Waals surface area contributed by atoms with Gasteiger partial charge in [-0.15, -0.1) is 0 Å². The fourth-order valence-electron chi connectivity index (χ4n) is 2.16. The molecule has 0 aliphatic heterocycles. The third-order valence-corrected chi connectivity index (χ3v) is 2.96. The van der Waals surface area contributed by atoms with Crippen molar-refractivity contribution in [1.82, 2.24) is 0 Å². The van der Waals surface area contributed by atoms with Crippen molar-refractivity contribution in [2.24, 2.45) is 17.6 Å². The Balaban J connectivity index is 2.67. The SMILES string of the molecule is CC1CCCCC1/C(=C\N)[NH+]([NH-])O. The Morgan fingerprint density at radius 1 is 1.54 bits per heavy atom. The van der Waals surface area contributed by atoms with E-state index in [2.05, 4.69) is 6.92 Å². The third-order valence-electron chi connectivity index (χ3n) is 2.96. The molecule has 0 spiro atoms. The second-order valence-corrected chi connectivity index (χ2v) is 3.84. The number of hydroxylamine groups is 1. The van der Waals surface area contributed by atoms with Gasteiger partial charge >= 0.3 is 0 Å². The largest absolute Gasteiger partial charge is 0.429 e. The molecule has 0 radical (unpaired) electrons. The second-order valence-electron chi connectivity index (χ2n) is 3.84. The summed E-state index contributed by atoms with van der Waals surface area (Å²) in [5.41, 5.74) is 6.02. The van der Waals surface area contributed by atoms with Crippen LogP contribution in [0.4, 0.5) is 0 Å². The number of allylic oxidation sites excluding steroid dienone is 1. The Morgan fingerprint density at radius 2 is 2.15 bits per heavy atom. The number of nitrogens with two attached hydrogens (primary N) is 1. The van der Waals surface area contributed by atoms with Gasteiger partial charge in [0.15, 0.2) is 0 Å². The minimum absolute atomic E-state index is 0.288. The molecule has 3 atom stereocenters. The summed E-state index contributed by atoms with van der Waals surface area (Å²) in [6, 6.07) is 0. The highest BCUT2D eigenvalue weighted by atomic mass is 16.5. The van der Waals surface area contributed by atoms with Crippen LogP contribution in [0.2, 0.25) is 0 Å². The molecule has 1 rings (SSSR count). The number of hydrogen-bond acceptors (Lipinski definition) is 2. The molecule has 1 aliphatic rings. The van der Waals surface area contributed by atoms with Gasteiger partial charge in [0.1, 0.15) is 5.70 Å². The molecule has 0 heterocycles. The van der Waals surface area contributed by atoms with Crippen molar-refractivity contribution in [3.05, 3.63) is 17.7 Å². The lowest BCUT2D eigenvalue weighted by molar-refractivity contribution is -1.02. The fourth-order valence-corrected chi connectivity index (χ4v) is 2.16. The molecule has 4 heteroatoms. The Morgan fingerprint density at radius 3 is 2.62 bits per heavy atom. The summed E-state index contributed by atoms with van der Waals surface area (Å²) in [5, 5.41) is 8.76. The van der Waals surface area contributed by atoms with Crippen LogP contribution in [0.15, 0.2) is 11.9 Å². The number of rotatable bonds is 2. The Kier molecular flexibility index (Phi) is 3.71. The zero-order valence-corrected chi connectivity index (χ0v) is 8.09. The summed E-state index contributed by atoms with van der Waals surface area (Å²) in [6.45, 7) is 2.16. The quantitative estimate of drug-likeness (QED) is 0.558. The van der Waals surface area contributed by atoms with Crippen LogP contribution >= 0.6 is 0 Å². The summed E-state index contributed by atoms with van der Waals surface area (Å²) >= 11 is 0. The van der Waals surface area contributed by atoms with Crippen molar-refractivity contribution >= 4 is 0 Å². The van der Waals surface area contributed by atoms with Gasteiger partial charge in [-0.3, -0.25) is 0 Å². The summed E-state index contributed by atoms with van der Waals surface area (Å²) in [7, 11) is 0. The van der Waals surface area contributed by atoms with Crippen LogP contribution in [-0.2, 0) is 0 Å². The molecule has 13 heavy (non-hydrogen) atoms. The molecule has 0 saturated heterocycles. The van der Waals surface area contributed by atoms with Gasteiger partial charge in [0.25, 0.3) is 0 Å². The maximum absolute atomic E-state index is 9.12. The highest BCUT2D eigenvalue weighted by Gasteiger charge is 2.28. The van der Waals surface area contributed by atoms with E-state index < -0.39 is 0 Å². The van der Waals surface area contributed by atoms with Crippen molar-refractivity contribution in [2.45, 2.75) is 32.6 Å². The molecule has 1 fully saturated rings. The molecule has 1 saturated carbocycles. The van der Waals surface area contributed by atoms with Crippen molar-refractivity contribution < 1.29 is 10.4 Å². The van der Waals surface area contributed by atoms with E-state index in [1.807, 2.05) is 0 Å². The van der Waals surface area contributed by atoms with E-state index in [0.29, 0.717) is 11.6 Å². The lowest BCUT2D eigenvalue weighted by atomic mass is 9.79. The van der Waals surface area contributed by atoms with Gasteiger partial charge in [-0.1, -0.05) is 19.8 Å². The maximum Gasteiger partial charge on any atom is 0.148 e. The van der Waals surface area contributed by atoms with Gasteiger partial charge < -0.3 is 11.6 Å². The van der Waals surface area contributed by atoms with Crippen LogP contribution in [-0.4, -0.2) is 5.21 Å². The number of nitrogens with one attached hydrogen (secondary N) is 2. The summed E-state index contributed by atoms with van der Waals surface area (Å²) in [5.74, 6) is 8.01. The predicted molar refractivity (Wildman–Crippen MR) is 50.5 cm³/mol. The molecule has 5 N–H and O–H groups in total. The zero-order valence-electron chi connectivity index (χ0n) is 8.09. The highest BCUT2D eigenvalue weighted by molar-refractivity contribution is 4.97. The first kappa shape index (κ1) is 10.5. The molecule has 1 aliphatic carbocycles. The van der Waals surface area contributed by atoms with Gasteiger partial charge in [-0.05, 0) is 18.8 Å². The molecular weight excluding hydrogens is 166 g/mol. The van der Waals surface area contributed by atoms with Gasteiger partial charge in [0.05, 0.1) is 6.20 Å². The third kappa shape index (κ3) is 2.43. The molecule has 0 bridgehead atoms. The molecule has 0 aromatic heterocycles.